The van der Waals surface area contributed by atoms with Gasteiger partial charge in [-0.1, -0.05) is 48.4 Å². The highest BCUT2D eigenvalue weighted by Gasteiger charge is 2.32. The van der Waals surface area contributed by atoms with E-state index in [2.05, 4.69) is 10.6 Å². The van der Waals surface area contributed by atoms with Crippen LogP contribution in [0.2, 0.25) is 5.02 Å². The minimum absolute atomic E-state index is 0.0450. The zero-order chi connectivity index (χ0) is 33.7. The van der Waals surface area contributed by atoms with Crippen molar-refractivity contribution in [2.75, 3.05) is 19.9 Å². The molecule has 0 radical (unpaired) electrons. The lowest BCUT2D eigenvalue weighted by molar-refractivity contribution is -0.175. The Labute approximate surface area is 272 Å². The van der Waals surface area contributed by atoms with Crippen LogP contribution >= 0.6 is 23.4 Å². The first-order valence-electron chi connectivity index (χ1n) is 14.4. The Morgan fingerprint density at radius 2 is 2.00 bits per heavy atom. The largest absolute Gasteiger partial charge is 0.495 e. The Bertz CT molecular complexity index is 1300. The van der Waals surface area contributed by atoms with Crippen LogP contribution < -0.4 is 15.4 Å². The van der Waals surface area contributed by atoms with Crippen molar-refractivity contribution >= 4 is 53.1 Å². The van der Waals surface area contributed by atoms with Gasteiger partial charge in [0, 0.05) is 38.5 Å². The molecule has 2 rings (SSSR count). The summed E-state index contributed by atoms with van der Waals surface area (Å²) in [6.45, 7) is 6.48. The number of rotatable bonds is 16. The van der Waals surface area contributed by atoms with E-state index >= 15 is 0 Å². The van der Waals surface area contributed by atoms with E-state index in [1.807, 2.05) is 25.1 Å². The number of nitrogens with zero attached hydrogens (tertiary/aromatic N) is 1. The highest BCUT2D eigenvalue weighted by molar-refractivity contribution is 8.00. The van der Waals surface area contributed by atoms with Crippen molar-refractivity contribution in [3.05, 3.63) is 52.6 Å². The van der Waals surface area contributed by atoms with Crippen LogP contribution in [-0.4, -0.2) is 83.0 Å². The molecule has 0 bridgehead atoms. The van der Waals surface area contributed by atoms with Crippen molar-refractivity contribution in [3.8, 4) is 5.75 Å². The van der Waals surface area contributed by atoms with Crippen molar-refractivity contribution < 1.29 is 43.3 Å². The lowest BCUT2D eigenvalue weighted by Crippen LogP contribution is -2.47. The van der Waals surface area contributed by atoms with E-state index in [-0.39, 0.29) is 43.4 Å². The Morgan fingerprint density at radius 1 is 1.29 bits per heavy atom. The van der Waals surface area contributed by atoms with Crippen LogP contribution in [0.4, 0.5) is 4.79 Å². The maximum Gasteiger partial charge on any atom is 0.412 e. The number of ether oxygens (including phenoxy) is 3. The molecule has 0 aromatic heterocycles. The van der Waals surface area contributed by atoms with Crippen LogP contribution in [0.25, 0.3) is 0 Å². The van der Waals surface area contributed by atoms with Crippen molar-refractivity contribution in [2.45, 2.75) is 83.1 Å². The molecular formula is C31H42ClN3O9S. The van der Waals surface area contributed by atoms with Gasteiger partial charge in [-0.3, -0.25) is 25.0 Å². The maximum atomic E-state index is 12.7. The van der Waals surface area contributed by atoms with Gasteiger partial charge in [-0.25, -0.2) is 9.59 Å². The molecule has 45 heavy (non-hydrogen) atoms. The fourth-order valence-electron chi connectivity index (χ4n) is 4.07. The van der Waals surface area contributed by atoms with Crippen LogP contribution in [0.1, 0.15) is 58.9 Å². The van der Waals surface area contributed by atoms with Crippen LogP contribution in [-0.2, 0) is 35.1 Å². The minimum atomic E-state index is -1.65. The summed E-state index contributed by atoms with van der Waals surface area (Å²) >= 11 is 7.28. The van der Waals surface area contributed by atoms with E-state index < -0.39 is 35.4 Å². The normalized spacial score (nSPS) is 17.7. The number of nitrogens with one attached hydrogen (secondary N) is 2. The number of methoxy groups -OCH3 is 1. The number of benzene rings is 1. The molecule has 1 aromatic rings. The van der Waals surface area contributed by atoms with Crippen LogP contribution in [0.15, 0.2) is 42.0 Å². The first-order valence-corrected chi connectivity index (χ1v) is 15.9. The maximum absolute atomic E-state index is 12.7. The molecule has 1 fully saturated rings. The van der Waals surface area contributed by atoms with Crippen LogP contribution in [0, 0.1) is 0 Å². The molecule has 1 aliphatic rings. The molecular weight excluding hydrogens is 626 g/mol. The zero-order valence-corrected chi connectivity index (χ0v) is 28.0. The monoisotopic (exact) mass is 667 g/mol. The summed E-state index contributed by atoms with van der Waals surface area (Å²) < 4.78 is 15.7. The molecule has 0 aliphatic carbocycles. The molecule has 0 saturated carbocycles. The lowest BCUT2D eigenvalue weighted by atomic mass is 10.1. The van der Waals surface area contributed by atoms with Gasteiger partial charge in [0.05, 0.1) is 17.4 Å². The molecule has 2 unspecified atom stereocenters. The standard InChI is InChI=1S/C31H42ClN3O9S/c1-7-27(43-29(39)20(3)35(5)26(37)13-15-45-24-18-25(36)33-28(24)38)44-30(40)34-31(4,41)14-9-8-10-19(2)16-21-11-12-22(32)23(17-21)42-6/h8-12,17,20,24,27,41H,7,13-16,18H2,1-6H3,(H,34,40)(H,33,36,38)/b9-8+,19-10+/t20-,24?,27+,31?/m0/s1. The molecule has 248 valence electrons. The second-order valence-electron chi connectivity index (χ2n) is 10.8. The summed E-state index contributed by atoms with van der Waals surface area (Å²) in [5.41, 5.74) is 0.427. The molecule has 1 saturated heterocycles. The third-order valence-electron chi connectivity index (χ3n) is 6.80. The molecule has 4 atom stereocenters. The van der Waals surface area contributed by atoms with Gasteiger partial charge in [-0.05, 0) is 44.9 Å². The molecule has 0 spiro atoms. The van der Waals surface area contributed by atoms with Gasteiger partial charge in [0.1, 0.15) is 17.5 Å². The Morgan fingerprint density at radius 3 is 2.62 bits per heavy atom. The van der Waals surface area contributed by atoms with Gasteiger partial charge >= 0.3 is 12.1 Å². The first-order chi connectivity index (χ1) is 21.1. The number of carbonyl (C=O) groups excluding carboxylic acids is 5. The summed E-state index contributed by atoms with van der Waals surface area (Å²) in [6, 6.07) is 4.58. The fraction of sp³-hybridized carbons (Fsp3) is 0.516. The second-order valence-corrected chi connectivity index (χ2v) is 12.5. The number of carbonyl (C=O) groups is 5. The molecule has 1 heterocycles. The predicted molar refractivity (Wildman–Crippen MR) is 170 cm³/mol. The number of imide groups is 1. The Kier molecular flexibility index (Phi) is 14.9. The van der Waals surface area contributed by atoms with Gasteiger partial charge in [-0.2, -0.15) is 0 Å². The third kappa shape index (κ3) is 12.8. The highest BCUT2D eigenvalue weighted by Crippen LogP contribution is 2.26. The van der Waals surface area contributed by atoms with Crippen LogP contribution in [0.5, 0.6) is 5.75 Å². The zero-order valence-electron chi connectivity index (χ0n) is 26.4. The van der Waals surface area contributed by atoms with E-state index in [0.29, 0.717) is 22.9 Å². The number of halogens is 1. The number of esters is 1. The van der Waals surface area contributed by atoms with Crippen molar-refractivity contribution in [2.24, 2.45) is 0 Å². The van der Waals surface area contributed by atoms with Gasteiger partial charge in [-0.15, -0.1) is 11.8 Å². The van der Waals surface area contributed by atoms with E-state index in [0.717, 1.165) is 11.1 Å². The molecule has 1 aliphatic heterocycles. The number of hydrogen-bond donors (Lipinski definition) is 3. The lowest BCUT2D eigenvalue weighted by Gasteiger charge is -2.27. The van der Waals surface area contributed by atoms with E-state index in [1.54, 1.807) is 32.3 Å². The topological polar surface area (TPSA) is 161 Å². The van der Waals surface area contributed by atoms with Crippen molar-refractivity contribution in [1.29, 1.82) is 0 Å². The number of aliphatic hydroxyl groups is 1. The third-order valence-corrected chi connectivity index (χ3v) is 8.33. The van der Waals surface area contributed by atoms with Gasteiger partial charge in [0.2, 0.25) is 24.0 Å². The van der Waals surface area contributed by atoms with Crippen molar-refractivity contribution in [1.82, 2.24) is 15.5 Å². The first kappa shape index (κ1) is 37.6. The van der Waals surface area contributed by atoms with Crippen molar-refractivity contribution in [3.63, 3.8) is 0 Å². The molecule has 4 amide bonds. The number of thioether (sulfide) groups is 1. The van der Waals surface area contributed by atoms with Gasteiger partial charge < -0.3 is 24.2 Å². The number of amides is 4. The highest BCUT2D eigenvalue weighted by atomic mass is 35.5. The minimum Gasteiger partial charge on any atom is -0.495 e. The number of alkyl carbamates (subject to hydrolysis) is 1. The van der Waals surface area contributed by atoms with E-state index in [1.165, 1.54) is 37.6 Å². The van der Waals surface area contributed by atoms with Gasteiger partial charge in [0.25, 0.3) is 0 Å². The summed E-state index contributed by atoms with van der Waals surface area (Å²) in [4.78, 5) is 61.8. The molecule has 12 nitrogen and oxygen atoms in total. The summed E-state index contributed by atoms with van der Waals surface area (Å²) in [6.07, 6.45) is 4.11. The number of hydrogen-bond acceptors (Lipinski definition) is 10. The van der Waals surface area contributed by atoms with E-state index in [4.69, 9.17) is 25.8 Å². The average Bonchev–Trinajstić information content (AvgIpc) is 3.30. The molecule has 14 heteroatoms. The smallest absolute Gasteiger partial charge is 0.412 e. The average molecular weight is 668 g/mol. The summed E-state index contributed by atoms with van der Waals surface area (Å²) in [7, 11) is 3.00. The van der Waals surface area contributed by atoms with Crippen LogP contribution in [0.3, 0.4) is 0 Å². The fourth-order valence-corrected chi connectivity index (χ4v) is 5.32. The molecule has 1 aromatic carbocycles. The Hall–Kier alpha value is -3.55. The number of likely N-dealkylation sites (N-methyl/N-ethyl adjacent to an activating group) is 1. The van der Waals surface area contributed by atoms with E-state index in [9.17, 15) is 29.1 Å². The van der Waals surface area contributed by atoms with Gasteiger partial charge in [0.15, 0.2) is 0 Å². The Balaban J connectivity index is 1.78. The SMILES string of the molecule is CC[C@@H](OC(=O)NC(C)(O)C/C=C/C=C(\C)Cc1ccc(Cl)c(OC)c1)OC(=O)[C@H](C)N(C)C(=O)CCSC1CC(=O)NC1=O. The summed E-state index contributed by atoms with van der Waals surface area (Å²) in [5, 5.41) is 15.2. The summed E-state index contributed by atoms with van der Waals surface area (Å²) in [5.74, 6) is -0.962. The number of allylic oxidation sites excluding steroid dienone is 3. The predicted octanol–water partition coefficient (Wildman–Crippen LogP) is 3.88. The quantitative estimate of drug-likeness (QED) is 0.102. The second kappa shape index (κ2) is 17.8. The molecule has 3 N–H and O–H groups in total.